The molecular formula is C18H24N2O2S. The van der Waals surface area contributed by atoms with Crippen molar-refractivity contribution in [3.63, 3.8) is 0 Å². The predicted molar refractivity (Wildman–Crippen MR) is 94.3 cm³/mol. The third kappa shape index (κ3) is 4.10. The maximum Gasteiger partial charge on any atom is 0.263 e. The maximum atomic E-state index is 12.5. The Morgan fingerprint density at radius 3 is 2.22 bits per heavy atom. The van der Waals surface area contributed by atoms with Crippen molar-refractivity contribution in [2.75, 3.05) is 4.72 Å². The van der Waals surface area contributed by atoms with Gasteiger partial charge >= 0.3 is 0 Å². The number of aromatic nitrogens is 1. The normalized spacial score (nSPS) is 12.2. The molecule has 5 heteroatoms. The van der Waals surface area contributed by atoms with Crippen molar-refractivity contribution in [2.24, 2.45) is 0 Å². The van der Waals surface area contributed by atoms with Gasteiger partial charge in [0.1, 0.15) is 5.82 Å². The zero-order valence-electron chi connectivity index (χ0n) is 14.3. The highest BCUT2D eigenvalue weighted by atomic mass is 32.2. The predicted octanol–water partition coefficient (Wildman–Crippen LogP) is 4.19. The molecule has 0 amide bonds. The number of nitrogens with one attached hydrogen (secondary N) is 1. The van der Waals surface area contributed by atoms with Crippen LogP contribution in [-0.2, 0) is 15.4 Å². The highest BCUT2D eigenvalue weighted by molar-refractivity contribution is 7.92. The van der Waals surface area contributed by atoms with Crippen molar-refractivity contribution in [3.05, 3.63) is 53.2 Å². The largest absolute Gasteiger partial charge is 0.263 e. The summed E-state index contributed by atoms with van der Waals surface area (Å²) in [7, 11) is -3.63. The molecule has 1 N–H and O–H groups in total. The van der Waals surface area contributed by atoms with Gasteiger partial charge in [0.15, 0.2) is 0 Å². The van der Waals surface area contributed by atoms with E-state index < -0.39 is 10.0 Å². The number of nitrogens with zero attached hydrogens (tertiary/aromatic N) is 1. The summed E-state index contributed by atoms with van der Waals surface area (Å²) in [6, 6.07) is 10.7. The molecule has 0 atom stereocenters. The highest BCUT2D eigenvalue weighted by Crippen LogP contribution is 2.27. The van der Waals surface area contributed by atoms with Crippen molar-refractivity contribution in [3.8, 4) is 0 Å². The summed E-state index contributed by atoms with van der Waals surface area (Å²) in [5, 5.41) is 0. The molecule has 0 radical (unpaired) electrons. The Bertz CT molecular complexity index is 774. The standard InChI is InChI=1S/C18H24N2O2S/c1-6-18(4,5)15-7-9-16(10-8-15)23(21,22)20-17-12-13(2)11-14(3)19-17/h7-12H,6H2,1-5H3,(H,19,20). The molecule has 0 aliphatic heterocycles. The van der Waals surface area contributed by atoms with Gasteiger partial charge in [0.05, 0.1) is 4.90 Å². The number of hydrogen-bond acceptors (Lipinski definition) is 3. The minimum absolute atomic E-state index is 0.0327. The molecule has 1 heterocycles. The molecule has 0 bridgehead atoms. The minimum Gasteiger partial charge on any atom is -0.263 e. The van der Waals surface area contributed by atoms with Crippen molar-refractivity contribution in [1.29, 1.82) is 0 Å². The monoisotopic (exact) mass is 332 g/mol. The summed E-state index contributed by atoms with van der Waals surface area (Å²) in [5.74, 6) is 0.348. The highest BCUT2D eigenvalue weighted by Gasteiger charge is 2.20. The molecular weight excluding hydrogens is 308 g/mol. The Kier molecular flexibility index (Phi) is 4.80. The van der Waals surface area contributed by atoms with Gasteiger partial charge in [0, 0.05) is 5.69 Å². The van der Waals surface area contributed by atoms with Crippen LogP contribution in [0, 0.1) is 13.8 Å². The molecule has 2 aromatic rings. The van der Waals surface area contributed by atoms with E-state index in [1.807, 2.05) is 32.0 Å². The lowest BCUT2D eigenvalue weighted by molar-refractivity contribution is 0.506. The van der Waals surface area contributed by atoms with Crippen LogP contribution >= 0.6 is 0 Å². The van der Waals surface area contributed by atoms with Gasteiger partial charge in [-0.1, -0.05) is 32.9 Å². The van der Waals surface area contributed by atoms with Crippen LogP contribution in [0.3, 0.4) is 0 Å². The first-order valence-electron chi connectivity index (χ1n) is 7.73. The molecule has 2 rings (SSSR count). The summed E-state index contributed by atoms with van der Waals surface area (Å²) in [5.41, 5.74) is 2.91. The smallest absolute Gasteiger partial charge is 0.263 e. The zero-order chi connectivity index (χ0) is 17.3. The summed E-state index contributed by atoms with van der Waals surface area (Å²) in [6.45, 7) is 10.2. The molecule has 0 aliphatic carbocycles. The number of benzene rings is 1. The van der Waals surface area contributed by atoms with Crippen LogP contribution in [0.1, 0.15) is 44.0 Å². The van der Waals surface area contributed by atoms with Gasteiger partial charge in [0.25, 0.3) is 10.0 Å². The fraction of sp³-hybridized carbons (Fsp3) is 0.389. The van der Waals surface area contributed by atoms with E-state index in [1.54, 1.807) is 18.2 Å². The zero-order valence-corrected chi connectivity index (χ0v) is 15.2. The Balaban J connectivity index is 2.29. The first-order valence-corrected chi connectivity index (χ1v) is 9.21. The van der Waals surface area contributed by atoms with Crippen LogP contribution in [0.4, 0.5) is 5.82 Å². The van der Waals surface area contributed by atoms with Gasteiger partial charge in [-0.2, -0.15) is 0 Å². The fourth-order valence-corrected chi connectivity index (χ4v) is 3.37. The number of hydrogen-bond donors (Lipinski definition) is 1. The number of aryl methyl sites for hydroxylation is 2. The molecule has 0 spiro atoms. The Hall–Kier alpha value is -1.88. The van der Waals surface area contributed by atoms with Crippen LogP contribution in [-0.4, -0.2) is 13.4 Å². The van der Waals surface area contributed by atoms with Crippen LogP contribution in [0.25, 0.3) is 0 Å². The van der Waals surface area contributed by atoms with Crippen molar-refractivity contribution in [2.45, 2.75) is 51.3 Å². The first-order chi connectivity index (χ1) is 10.6. The summed E-state index contributed by atoms with van der Waals surface area (Å²) in [4.78, 5) is 4.47. The average molecular weight is 332 g/mol. The Labute approximate surface area is 139 Å². The number of rotatable bonds is 5. The van der Waals surface area contributed by atoms with Crippen molar-refractivity contribution in [1.82, 2.24) is 4.98 Å². The second-order valence-electron chi connectivity index (χ2n) is 6.54. The van der Waals surface area contributed by atoms with Crippen molar-refractivity contribution >= 4 is 15.8 Å². The average Bonchev–Trinajstić information content (AvgIpc) is 2.45. The van der Waals surface area contributed by atoms with Crippen LogP contribution in [0.2, 0.25) is 0 Å². The van der Waals surface area contributed by atoms with Gasteiger partial charge in [-0.15, -0.1) is 0 Å². The van der Waals surface area contributed by atoms with Gasteiger partial charge in [0.2, 0.25) is 0 Å². The van der Waals surface area contributed by atoms with Crippen molar-refractivity contribution < 1.29 is 8.42 Å². The Morgan fingerprint density at radius 2 is 1.70 bits per heavy atom. The lowest BCUT2D eigenvalue weighted by atomic mass is 9.82. The first kappa shape index (κ1) is 17.5. The third-order valence-corrected chi connectivity index (χ3v) is 5.54. The molecule has 124 valence electrons. The number of pyridine rings is 1. The molecule has 4 nitrogen and oxygen atoms in total. The van der Waals surface area contributed by atoms with E-state index in [0.29, 0.717) is 5.82 Å². The Morgan fingerprint density at radius 1 is 1.09 bits per heavy atom. The second kappa shape index (κ2) is 6.32. The van der Waals surface area contributed by atoms with E-state index in [0.717, 1.165) is 23.2 Å². The molecule has 1 aromatic heterocycles. The van der Waals surface area contributed by atoms with Gasteiger partial charge < -0.3 is 0 Å². The minimum atomic E-state index is -3.63. The number of sulfonamides is 1. The topological polar surface area (TPSA) is 59.1 Å². The summed E-state index contributed by atoms with van der Waals surface area (Å²) >= 11 is 0. The van der Waals surface area contributed by atoms with E-state index in [-0.39, 0.29) is 10.3 Å². The molecule has 0 fully saturated rings. The van der Waals surface area contributed by atoms with Gasteiger partial charge in [-0.25, -0.2) is 13.4 Å². The maximum absolute atomic E-state index is 12.5. The number of anilines is 1. The third-order valence-electron chi connectivity index (χ3n) is 4.17. The van der Waals surface area contributed by atoms with E-state index in [2.05, 4.69) is 30.5 Å². The van der Waals surface area contributed by atoms with E-state index >= 15 is 0 Å². The van der Waals surface area contributed by atoms with Gasteiger partial charge in [-0.05, 0) is 61.1 Å². The molecule has 0 aliphatic rings. The van der Waals surface area contributed by atoms with Crippen LogP contribution in [0.5, 0.6) is 0 Å². The van der Waals surface area contributed by atoms with Crippen LogP contribution < -0.4 is 4.72 Å². The fourth-order valence-electron chi connectivity index (χ4n) is 2.38. The molecule has 1 aromatic carbocycles. The van der Waals surface area contributed by atoms with Crippen LogP contribution in [0.15, 0.2) is 41.3 Å². The molecule has 0 unspecified atom stereocenters. The van der Waals surface area contributed by atoms with E-state index in [1.165, 1.54) is 0 Å². The SMILES string of the molecule is CCC(C)(C)c1ccc(S(=O)(=O)Nc2cc(C)cc(C)n2)cc1. The lowest BCUT2D eigenvalue weighted by Gasteiger charge is -2.23. The summed E-state index contributed by atoms with van der Waals surface area (Å²) < 4.78 is 27.6. The second-order valence-corrected chi connectivity index (χ2v) is 8.22. The summed E-state index contributed by atoms with van der Waals surface area (Å²) in [6.07, 6.45) is 0.990. The quantitative estimate of drug-likeness (QED) is 0.893. The van der Waals surface area contributed by atoms with E-state index in [4.69, 9.17) is 0 Å². The lowest BCUT2D eigenvalue weighted by Crippen LogP contribution is -2.17. The molecule has 23 heavy (non-hydrogen) atoms. The molecule has 0 saturated heterocycles. The molecule has 0 saturated carbocycles. The van der Waals surface area contributed by atoms with E-state index in [9.17, 15) is 8.42 Å². The van der Waals surface area contributed by atoms with Gasteiger partial charge in [-0.3, -0.25) is 4.72 Å².